The highest BCUT2D eigenvalue weighted by Gasteiger charge is 2.29. The number of hydrogen-bond donors (Lipinski definition) is 1. The van der Waals surface area contributed by atoms with Crippen LogP contribution in [0.25, 0.3) is 0 Å². The SMILES string of the molecule is CC(C)Oc1cccc(C(=O)N2CCCC(c3n[nH]c(=O)o3)C2)n1. The van der Waals surface area contributed by atoms with Crippen molar-refractivity contribution in [2.24, 2.45) is 0 Å². The van der Waals surface area contributed by atoms with E-state index in [1.807, 2.05) is 13.8 Å². The first-order valence-electron chi connectivity index (χ1n) is 8.01. The van der Waals surface area contributed by atoms with Crippen LogP contribution in [0.2, 0.25) is 0 Å². The number of H-pyrrole nitrogens is 1. The van der Waals surface area contributed by atoms with Gasteiger partial charge in [0.25, 0.3) is 5.91 Å². The summed E-state index contributed by atoms with van der Waals surface area (Å²) in [7, 11) is 0. The van der Waals surface area contributed by atoms with Crippen LogP contribution >= 0.6 is 0 Å². The summed E-state index contributed by atoms with van der Waals surface area (Å²) in [5.74, 6) is -0.0396. The van der Waals surface area contributed by atoms with Gasteiger partial charge in [0.2, 0.25) is 11.8 Å². The number of nitrogens with zero attached hydrogens (tertiary/aromatic N) is 3. The average molecular weight is 332 g/mol. The Morgan fingerprint density at radius 1 is 1.46 bits per heavy atom. The molecule has 0 spiro atoms. The van der Waals surface area contributed by atoms with Gasteiger partial charge in [-0.15, -0.1) is 5.10 Å². The van der Waals surface area contributed by atoms with Gasteiger partial charge in [-0.2, -0.15) is 0 Å². The van der Waals surface area contributed by atoms with E-state index >= 15 is 0 Å². The summed E-state index contributed by atoms with van der Waals surface area (Å²) in [6.07, 6.45) is 1.63. The number of carbonyl (C=O) groups excluding carboxylic acids is 1. The van der Waals surface area contributed by atoms with Crippen LogP contribution in [0.4, 0.5) is 0 Å². The molecule has 0 radical (unpaired) electrons. The number of hydrogen-bond acceptors (Lipinski definition) is 6. The summed E-state index contributed by atoms with van der Waals surface area (Å²) >= 11 is 0. The minimum atomic E-state index is -0.575. The molecule has 8 heteroatoms. The lowest BCUT2D eigenvalue weighted by molar-refractivity contribution is 0.0690. The lowest BCUT2D eigenvalue weighted by Gasteiger charge is -2.30. The Hall–Kier alpha value is -2.64. The van der Waals surface area contributed by atoms with Gasteiger partial charge in [-0.05, 0) is 32.8 Å². The Morgan fingerprint density at radius 2 is 2.29 bits per heavy atom. The van der Waals surface area contributed by atoms with Crippen molar-refractivity contribution in [1.29, 1.82) is 0 Å². The quantitative estimate of drug-likeness (QED) is 0.912. The Balaban J connectivity index is 1.73. The fraction of sp³-hybridized carbons (Fsp3) is 0.500. The molecule has 24 heavy (non-hydrogen) atoms. The minimum absolute atomic E-state index is 0.00946. The number of aromatic amines is 1. The topological polar surface area (TPSA) is 101 Å². The summed E-state index contributed by atoms with van der Waals surface area (Å²) in [5, 5.41) is 6.14. The predicted molar refractivity (Wildman–Crippen MR) is 85.0 cm³/mol. The molecule has 0 aliphatic carbocycles. The second-order valence-corrected chi connectivity index (χ2v) is 6.07. The summed E-state index contributed by atoms with van der Waals surface area (Å²) in [6.45, 7) is 4.90. The van der Waals surface area contributed by atoms with Crippen molar-refractivity contribution in [3.63, 3.8) is 0 Å². The number of piperidine rings is 1. The molecule has 1 fully saturated rings. The minimum Gasteiger partial charge on any atom is -0.475 e. The van der Waals surface area contributed by atoms with Crippen molar-refractivity contribution in [2.45, 2.75) is 38.7 Å². The monoisotopic (exact) mass is 332 g/mol. The second kappa shape index (κ2) is 6.86. The highest BCUT2D eigenvalue weighted by atomic mass is 16.5. The fourth-order valence-electron chi connectivity index (χ4n) is 2.78. The summed E-state index contributed by atoms with van der Waals surface area (Å²) in [6, 6.07) is 5.16. The molecule has 1 aliphatic rings. The first-order chi connectivity index (χ1) is 11.5. The maximum absolute atomic E-state index is 12.7. The van der Waals surface area contributed by atoms with Gasteiger partial charge in [-0.3, -0.25) is 4.79 Å². The summed E-state index contributed by atoms with van der Waals surface area (Å²) in [5.41, 5.74) is 0.345. The number of nitrogens with one attached hydrogen (secondary N) is 1. The molecule has 1 aliphatic heterocycles. The van der Waals surface area contributed by atoms with Gasteiger partial charge >= 0.3 is 5.76 Å². The van der Waals surface area contributed by atoms with Crippen molar-refractivity contribution in [1.82, 2.24) is 20.1 Å². The Kier molecular flexibility index (Phi) is 4.64. The number of rotatable bonds is 4. The smallest absolute Gasteiger partial charge is 0.434 e. The molecule has 3 rings (SSSR count). The number of pyridine rings is 1. The third-order valence-corrected chi connectivity index (χ3v) is 3.81. The van der Waals surface area contributed by atoms with Gasteiger partial charge in [0.1, 0.15) is 5.69 Å². The number of amides is 1. The van der Waals surface area contributed by atoms with Gasteiger partial charge in [-0.1, -0.05) is 6.07 Å². The summed E-state index contributed by atoms with van der Waals surface area (Å²) < 4.78 is 10.6. The zero-order chi connectivity index (χ0) is 17.1. The Morgan fingerprint density at radius 3 is 3.00 bits per heavy atom. The molecule has 8 nitrogen and oxygen atoms in total. The molecule has 0 aromatic carbocycles. The molecular weight excluding hydrogens is 312 g/mol. The van der Waals surface area contributed by atoms with Crippen LogP contribution in [0.1, 0.15) is 49.0 Å². The third-order valence-electron chi connectivity index (χ3n) is 3.81. The largest absolute Gasteiger partial charge is 0.475 e. The highest BCUT2D eigenvalue weighted by molar-refractivity contribution is 5.92. The standard InChI is InChI=1S/C16H20N4O4/c1-10(2)23-13-7-3-6-12(17-13)15(21)20-8-4-5-11(9-20)14-18-19-16(22)24-14/h3,6-7,10-11H,4-5,8-9H2,1-2H3,(H,19,22). The van der Waals surface area contributed by atoms with E-state index < -0.39 is 5.76 Å². The van der Waals surface area contributed by atoms with Gasteiger partial charge in [0, 0.05) is 19.2 Å². The van der Waals surface area contributed by atoms with E-state index in [0.29, 0.717) is 30.6 Å². The van der Waals surface area contributed by atoms with E-state index in [9.17, 15) is 9.59 Å². The fourth-order valence-corrected chi connectivity index (χ4v) is 2.78. The van der Waals surface area contributed by atoms with Crippen molar-refractivity contribution in [2.75, 3.05) is 13.1 Å². The lowest BCUT2D eigenvalue weighted by atomic mass is 9.98. The molecular formula is C16H20N4O4. The molecule has 1 unspecified atom stereocenters. The zero-order valence-corrected chi connectivity index (χ0v) is 13.7. The summed E-state index contributed by atoms with van der Waals surface area (Å²) in [4.78, 5) is 29.8. The molecule has 2 aromatic rings. The van der Waals surface area contributed by atoms with E-state index in [4.69, 9.17) is 9.15 Å². The number of carbonyl (C=O) groups is 1. The first-order valence-corrected chi connectivity index (χ1v) is 8.01. The Labute approximate surface area is 138 Å². The Bertz CT molecular complexity index is 767. The van der Waals surface area contributed by atoms with Crippen molar-refractivity contribution < 1.29 is 13.9 Å². The maximum Gasteiger partial charge on any atom is 0.434 e. The number of likely N-dealkylation sites (tertiary alicyclic amines) is 1. The van der Waals surface area contributed by atoms with Gasteiger partial charge in [0.15, 0.2) is 0 Å². The van der Waals surface area contributed by atoms with Crippen LogP contribution in [0.15, 0.2) is 27.4 Å². The molecule has 128 valence electrons. The van der Waals surface area contributed by atoms with Crippen molar-refractivity contribution >= 4 is 5.91 Å². The molecule has 3 heterocycles. The van der Waals surface area contributed by atoms with E-state index in [1.165, 1.54) is 0 Å². The number of ether oxygens (including phenoxy) is 1. The van der Waals surface area contributed by atoms with Crippen molar-refractivity contribution in [3.05, 3.63) is 40.3 Å². The highest BCUT2D eigenvalue weighted by Crippen LogP contribution is 2.25. The maximum atomic E-state index is 12.7. The van der Waals surface area contributed by atoms with E-state index in [0.717, 1.165) is 12.8 Å². The van der Waals surface area contributed by atoms with Crippen molar-refractivity contribution in [3.8, 4) is 5.88 Å². The number of aromatic nitrogens is 3. The normalized spacial score (nSPS) is 18.0. The van der Waals surface area contributed by atoms with Crippen LogP contribution in [-0.4, -0.2) is 45.2 Å². The molecule has 0 bridgehead atoms. The molecule has 1 amide bonds. The molecule has 2 aromatic heterocycles. The van der Waals surface area contributed by atoms with Crippen LogP contribution < -0.4 is 10.5 Å². The van der Waals surface area contributed by atoms with E-state index in [1.54, 1.807) is 23.1 Å². The van der Waals surface area contributed by atoms with E-state index in [-0.39, 0.29) is 17.9 Å². The van der Waals surface area contributed by atoms with E-state index in [2.05, 4.69) is 15.2 Å². The van der Waals surface area contributed by atoms with Gasteiger partial charge < -0.3 is 14.1 Å². The predicted octanol–water partition coefficient (Wildman–Crippen LogP) is 1.56. The van der Waals surface area contributed by atoms with Gasteiger partial charge in [-0.25, -0.2) is 14.9 Å². The second-order valence-electron chi connectivity index (χ2n) is 6.07. The molecule has 1 atom stereocenters. The van der Waals surface area contributed by atoms with Crippen LogP contribution in [-0.2, 0) is 0 Å². The van der Waals surface area contributed by atoms with Crippen LogP contribution in [0.3, 0.4) is 0 Å². The van der Waals surface area contributed by atoms with Gasteiger partial charge in [0.05, 0.1) is 12.0 Å². The van der Waals surface area contributed by atoms with Crippen LogP contribution in [0.5, 0.6) is 5.88 Å². The average Bonchev–Trinajstić information content (AvgIpc) is 3.00. The molecule has 0 saturated carbocycles. The third kappa shape index (κ3) is 3.64. The van der Waals surface area contributed by atoms with Crippen LogP contribution in [0, 0.1) is 0 Å². The first kappa shape index (κ1) is 16.2. The molecule has 1 saturated heterocycles. The zero-order valence-electron chi connectivity index (χ0n) is 13.7. The lowest BCUT2D eigenvalue weighted by Crippen LogP contribution is -2.39. The molecule has 1 N–H and O–H groups in total.